The molecule has 0 aliphatic heterocycles. The number of nitrogens with zero attached hydrogens (tertiary/aromatic N) is 2. The lowest BCUT2D eigenvalue weighted by molar-refractivity contribution is -0.137. The van der Waals surface area contributed by atoms with Crippen LogP contribution in [0.25, 0.3) is 0 Å². The highest BCUT2D eigenvalue weighted by Crippen LogP contribution is 2.20. The Morgan fingerprint density at radius 3 is 2.75 bits per heavy atom. The summed E-state index contributed by atoms with van der Waals surface area (Å²) in [5.74, 6) is -0.923. The van der Waals surface area contributed by atoms with Gasteiger partial charge in [-0.2, -0.15) is 5.10 Å². The van der Waals surface area contributed by atoms with Crippen LogP contribution in [-0.2, 0) is 11.3 Å². The van der Waals surface area contributed by atoms with E-state index in [9.17, 15) is 4.79 Å². The molecule has 0 fully saturated rings. The number of halogens is 2. The van der Waals surface area contributed by atoms with Crippen LogP contribution in [0.2, 0.25) is 5.02 Å². The summed E-state index contributed by atoms with van der Waals surface area (Å²) in [5, 5.41) is 13.0. The lowest BCUT2D eigenvalue weighted by atomic mass is 10.5. The number of rotatable bonds is 2. The van der Waals surface area contributed by atoms with E-state index in [2.05, 4.69) is 5.10 Å². The van der Waals surface area contributed by atoms with Gasteiger partial charge in [-0.05, 0) is 29.5 Å². The fourth-order valence-corrected chi connectivity index (χ4v) is 1.56. The van der Waals surface area contributed by atoms with Gasteiger partial charge in [0, 0.05) is 0 Å². The van der Waals surface area contributed by atoms with Crippen LogP contribution in [0, 0.1) is 10.6 Å². The van der Waals surface area contributed by atoms with E-state index in [1.54, 1.807) is 6.92 Å². The Kier molecular flexibility index (Phi) is 2.94. The third-order valence-electron chi connectivity index (χ3n) is 1.38. The van der Waals surface area contributed by atoms with E-state index in [1.807, 2.05) is 22.6 Å². The van der Waals surface area contributed by atoms with Crippen LogP contribution in [0.5, 0.6) is 0 Å². The summed E-state index contributed by atoms with van der Waals surface area (Å²) >= 11 is 7.76. The van der Waals surface area contributed by atoms with Crippen molar-refractivity contribution in [3.8, 4) is 0 Å². The molecule has 0 saturated carbocycles. The summed E-state index contributed by atoms with van der Waals surface area (Å²) in [6, 6.07) is 0. The predicted octanol–water partition coefficient (Wildman–Crippen LogP) is 1.53. The summed E-state index contributed by atoms with van der Waals surface area (Å²) in [7, 11) is 0. The van der Waals surface area contributed by atoms with Gasteiger partial charge in [0.05, 0.1) is 10.7 Å². The van der Waals surface area contributed by atoms with Crippen LogP contribution in [0.4, 0.5) is 0 Å². The van der Waals surface area contributed by atoms with Gasteiger partial charge in [0.2, 0.25) is 0 Å². The van der Waals surface area contributed by atoms with Crippen molar-refractivity contribution in [3.63, 3.8) is 0 Å². The molecule has 1 heterocycles. The van der Waals surface area contributed by atoms with Gasteiger partial charge in [0.1, 0.15) is 10.2 Å². The number of aliphatic carboxylic acids is 1. The molecule has 6 heteroatoms. The second kappa shape index (κ2) is 3.61. The molecule has 1 aromatic heterocycles. The molecule has 0 unspecified atom stereocenters. The van der Waals surface area contributed by atoms with Gasteiger partial charge < -0.3 is 5.11 Å². The van der Waals surface area contributed by atoms with Gasteiger partial charge in [-0.25, -0.2) is 0 Å². The summed E-state index contributed by atoms with van der Waals surface area (Å²) in [4.78, 5) is 10.3. The van der Waals surface area contributed by atoms with Gasteiger partial charge in [0.25, 0.3) is 0 Å². The van der Waals surface area contributed by atoms with E-state index >= 15 is 0 Å². The average molecular weight is 300 g/mol. The molecule has 0 bridgehead atoms. The Morgan fingerprint density at radius 1 is 1.83 bits per heavy atom. The molecule has 12 heavy (non-hydrogen) atoms. The molecule has 0 radical (unpaired) electrons. The summed E-state index contributed by atoms with van der Waals surface area (Å²) in [6.07, 6.45) is 0. The molecule has 0 atom stereocenters. The summed E-state index contributed by atoms with van der Waals surface area (Å²) in [5.41, 5.74) is 0.684. The molecule has 66 valence electrons. The molecule has 1 aromatic rings. The molecule has 1 rings (SSSR count). The molecular formula is C6H6ClIN2O2. The van der Waals surface area contributed by atoms with Crippen LogP contribution in [-0.4, -0.2) is 20.9 Å². The van der Waals surface area contributed by atoms with Crippen molar-refractivity contribution in [2.24, 2.45) is 0 Å². The van der Waals surface area contributed by atoms with Crippen LogP contribution < -0.4 is 0 Å². The Bertz CT molecular complexity index is 324. The maximum atomic E-state index is 10.3. The van der Waals surface area contributed by atoms with Gasteiger partial charge in [-0.3, -0.25) is 9.48 Å². The number of hydrogen-bond acceptors (Lipinski definition) is 2. The second-order valence-electron chi connectivity index (χ2n) is 2.24. The summed E-state index contributed by atoms with van der Waals surface area (Å²) in [6.45, 7) is 1.59. The zero-order valence-electron chi connectivity index (χ0n) is 6.21. The quantitative estimate of drug-likeness (QED) is 0.843. The van der Waals surface area contributed by atoms with E-state index in [-0.39, 0.29) is 6.54 Å². The molecular weight excluding hydrogens is 294 g/mol. The first-order valence-corrected chi connectivity index (χ1v) is 4.58. The third kappa shape index (κ3) is 1.89. The molecule has 0 aromatic carbocycles. The maximum absolute atomic E-state index is 10.3. The first kappa shape index (κ1) is 9.79. The van der Waals surface area contributed by atoms with Gasteiger partial charge in [-0.15, -0.1) is 0 Å². The highest BCUT2D eigenvalue weighted by Gasteiger charge is 2.11. The van der Waals surface area contributed by atoms with E-state index in [0.717, 1.165) is 0 Å². The largest absolute Gasteiger partial charge is 0.480 e. The molecule has 0 aliphatic rings. The summed E-state index contributed by atoms with van der Waals surface area (Å²) < 4.78 is 2.00. The standard InChI is InChI=1S/C6H6ClIN2O2/c1-3-5(7)6(8)9-10(3)2-4(11)12/h2H2,1H3,(H,11,12). The molecule has 4 nitrogen and oxygen atoms in total. The van der Waals surface area contributed by atoms with Crippen LogP contribution in [0.15, 0.2) is 0 Å². The van der Waals surface area contributed by atoms with Gasteiger partial charge >= 0.3 is 5.97 Å². The van der Waals surface area contributed by atoms with E-state index < -0.39 is 5.97 Å². The van der Waals surface area contributed by atoms with Crippen molar-refractivity contribution in [2.45, 2.75) is 13.5 Å². The minimum absolute atomic E-state index is 0.144. The first-order valence-electron chi connectivity index (χ1n) is 3.12. The normalized spacial score (nSPS) is 10.2. The maximum Gasteiger partial charge on any atom is 0.325 e. The van der Waals surface area contributed by atoms with Crippen molar-refractivity contribution in [1.82, 2.24) is 9.78 Å². The molecule has 0 amide bonds. The SMILES string of the molecule is Cc1c(Cl)c(I)nn1CC(=O)O. The minimum atomic E-state index is -0.923. The smallest absolute Gasteiger partial charge is 0.325 e. The van der Waals surface area contributed by atoms with Crippen LogP contribution >= 0.6 is 34.2 Å². The topological polar surface area (TPSA) is 55.1 Å². The molecule has 0 aliphatic carbocycles. The minimum Gasteiger partial charge on any atom is -0.480 e. The van der Waals surface area contributed by atoms with E-state index in [1.165, 1.54) is 4.68 Å². The third-order valence-corrected chi connectivity index (χ3v) is 2.91. The van der Waals surface area contributed by atoms with Crippen LogP contribution in [0.1, 0.15) is 5.69 Å². The number of carboxylic acid groups (broad SMARTS) is 1. The second-order valence-corrected chi connectivity index (χ2v) is 3.64. The Hall–Kier alpha value is -0.300. The molecule has 1 N–H and O–H groups in total. The molecule has 0 saturated heterocycles. The van der Waals surface area contributed by atoms with Crippen LogP contribution in [0.3, 0.4) is 0 Å². The number of aromatic nitrogens is 2. The Labute approximate surface area is 87.7 Å². The number of carboxylic acids is 1. The molecule has 0 spiro atoms. The van der Waals surface area contributed by atoms with Gasteiger partial charge in [-0.1, -0.05) is 11.6 Å². The van der Waals surface area contributed by atoms with E-state index in [4.69, 9.17) is 16.7 Å². The predicted molar refractivity (Wildman–Crippen MR) is 52.3 cm³/mol. The lowest BCUT2D eigenvalue weighted by Gasteiger charge is -1.97. The van der Waals surface area contributed by atoms with Crippen molar-refractivity contribution in [3.05, 3.63) is 14.4 Å². The van der Waals surface area contributed by atoms with Crippen molar-refractivity contribution < 1.29 is 9.90 Å². The Balaban J connectivity index is 3.01. The average Bonchev–Trinajstić information content (AvgIpc) is 2.17. The van der Waals surface area contributed by atoms with Gasteiger partial charge in [0.15, 0.2) is 0 Å². The van der Waals surface area contributed by atoms with Crippen molar-refractivity contribution in [1.29, 1.82) is 0 Å². The fourth-order valence-electron chi connectivity index (χ4n) is 0.770. The zero-order chi connectivity index (χ0) is 9.30. The fraction of sp³-hybridized carbons (Fsp3) is 0.333. The number of carbonyl (C=O) groups is 1. The lowest BCUT2D eigenvalue weighted by Crippen LogP contribution is -2.11. The highest BCUT2D eigenvalue weighted by molar-refractivity contribution is 14.1. The van der Waals surface area contributed by atoms with E-state index in [0.29, 0.717) is 14.4 Å². The first-order chi connectivity index (χ1) is 5.52. The van der Waals surface area contributed by atoms with Crippen molar-refractivity contribution in [2.75, 3.05) is 0 Å². The monoisotopic (exact) mass is 300 g/mol. The van der Waals surface area contributed by atoms with Crippen molar-refractivity contribution >= 4 is 40.2 Å². The number of hydrogen-bond donors (Lipinski definition) is 1. The zero-order valence-corrected chi connectivity index (χ0v) is 9.13. The highest BCUT2D eigenvalue weighted by atomic mass is 127. The Morgan fingerprint density at radius 2 is 2.42 bits per heavy atom.